The highest BCUT2D eigenvalue weighted by Crippen LogP contribution is 2.10. The molecule has 0 radical (unpaired) electrons. The van der Waals surface area contributed by atoms with Crippen LogP contribution in [-0.2, 0) is 6.54 Å². The molecule has 1 heterocycles. The maximum atomic E-state index is 13.3. The third-order valence-electron chi connectivity index (χ3n) is 1.99. The van der Waals surface area contributed by atoms with Gasteiger partial charge in [0.1, 0.15) is 5.82 Å². The molecule has 0 spiro atoms. The number of anilines is 2. The van der Waals surface area contributed by atoms with Gasteiger partial charge in [-0.3, -0.25) is 0 Å². The number of nitrogens with two attached hydrogens (primary N) is 2. The van der Waals surface area contributed by atoms with Gasteiger partial charge in [-0.2, -0.15) is 4.98 Å². The molecule has 0 bridgehead atoms. The van der Waals surface area contributed by atoms with E-state index in [4.69, 9.17) is 11.5 Å². The van der Waals surface area contributed by atoms with Gasteiger partial charge in [0.15, 0.2) is 0 Å². The Bertz CT molecular complexity index is 479. The highest BCUT2D eigenvalue weighted by molar-refractivity contribution is 5.28. The minimum atomic E-state index is -0.300. The van der Waals surface area contributed by atoms with Crippen LogP contribution in [-0.4, -0.2) is 14.8 Å². The van der Waals surface area contributed by atoms with E-state index < -0.39 is 0 Å². The number of aromatic nitrogens is 3. The minimum Gasteiger partial charge on any atom is -0.368 e. The van der Waals surface area contributed by atoms with Crippen LogP contribution in [0.15, 0.2) is 24.3 Å². The molecule has 5 nitrogen and oxygen atoms in total. The van der Waals surface area contributed by atoms with E-state index in [0.29, 0.717) is 5.56 Å². The fourth-order valence-electron chi connectivity index (χ4n) is 1.28. The lowest BCUT2D eigenvalue weighted by molar-refractivity contribution is 0.588. The number of rotatable bonds is 2. The summed E-state index contributed by atoms with van der Waals surface area (Å²) >= 11 is 0. The van der Waals surface area contributed by atoms with Crippen LogP contribution in [0.5, 0.6) is 0 Å². The van der Waals surface area contributed by atoms with Crippen LogP contribution >= 0.6 is 0 Å². The first-order chi connectivity index (χ1) is 7.16. The van der Waals surface area contributed by atoms with Crippen LogP contribution in [0.2, 0.25) is 0 Å². The summed E-state index contributed by atoms with van der Waals surface area (Å²) in [6, 6.07) is 6.41. The number of halogens is 1. The summed E-state index contributed by atoms with van der Waals surface area (Å²) in [6.45, 7) is 0.225. The molecule has 0 aliphatic carbocycles. The normalized spacial score (nSPS) is 10.5. The zero-order valence-electron chi connectivity index (χ0n) is 7.89. The zero-order valence-corrected chi connectivity index (χ0v) is 7.89. The van der Waals surface area contributed by atoms with E-state index in [9.17, 15) is 4.39 Å². The Hall–Kier alpha value is -2.11. The molecule has 0 atom stereocenters. The van der Waals surface area contributed by atoms with Crippen molar-refractivity contribution in [2.45, 2.75) is 6.54 Å². The largest absolute Gasteiger partial charge is 0.368 e. The topological polar surface area (TPSA) is 82.7 Å². The number of benzene rings is 1. The molecule has 0 aliphatic heterocycles. The molecule has 0 saturated heterocycles. The van der Waals surface area contributed by atoms with Crippen molar-refractivity contribution >= 4 is 11.9 Å². The molecule has 78 valence electrons. The molecule has 0 amide bonds. The van der Waals surface area contributed by atoms with Crippen molar-refractivity contribution in [1.82, 2.24) is 14.8 Å². The molecule has 0 unspecified atom stereocenters. The number of nitrogens with zero attached hydrogens (tertiary/aromatic N) is 3. The van der Waals surface area contributed by atoms with Gasteiger partial charge in [-0.05, 0) is 6.07 Å². The third kappa shape index (κ3) is 1.88. The lowest BCUT2D eigenvalue weighted by Gasteiger charge is -2.03. The summed E-state index contributed by atoms with van der Waals surface area (Å²) in [5, 5.41) is 3.84. The van der Waals surface area contributed by atoms with Crippen molar-refractivity contribution in [2.24, 2.45) is 0 Å². The molecule has 2 rings (SSSR count). The van der Waals surface area contributed by atoms with Gasteiger partial charge in [0, 0.05) is 5.56 Å². The molecule has 4 N–H and O–H groups in total. The van der Waals surface area contributed by atoms with Gasteiger partial charge in [-0.25, -0.2) is 9.07 Å². The van der Waals surface area contributed by atoms with E-state index >= 15 is 0 Å². The average molecular weight is 207 g/mol. The van der Waals surface area contributed by atoms with Gasteiger partial charge in [-0.1, -0.05) is 18.2 Å². The second-order valence-corrected chi connectivity index (χ2v) is 3.08. The molecule has 6 heteroatoms. The fraction of sp³-hybridized carbons (Fsp3) is 0.111. The summed E-state index contributed by atoms with van der Waals surface area (Å²) in [4.78, 5) is 3.72. The van der Waals surface area contributed by atoms with E-state index in [1.165, 1.54) is 10.7 Å². The molecule has 1 aromatic heterocycles. The van der Waals surface area contributed by atoms with Crippen molar-refractivity contribution in [2.75, 3.05) is 11.5 Å². The number of hydrogen-bond donors (Lipinski definition) is 2. The highest BCUT2D eigenvalue weighted by Gasteiger charge is 2.07. The molecule has 1 aromatic carbocycles. The summed E-state index contributed by atoms with van der Waals surface area (Å²) < 4.78 is 14.6. The predicted molar refractivity (Wildman–Crippen MR) is 54.3 cm³/mol. The molecule has 0 fully saturated rings. The maximum Gasteiger partial charge on any atom is 0.241 e. The Labute approximate surface area is 85.5 Å². The monoisotopic (exact) mass is 207 g/mol. The van der Waals surface area contributed by atoms with E-state index in [1.807, 2.05) is 0 Å². The number of nitrogen functional groups attached to an aromatic ring is 2. The minimum absolute atomic E-state index is 0.0869. The van der Waals surface area contributed by atoms with Gasteiger partial charge >= 0.3 is 0 Å². The van der Waals surface area contributed by atoms with Crippen molar-refractivity contribution < 1.29 is 4.39 Å². The Morgan fingerprint density at radius 1 is 1.27 bits per heavy atom. The van der Waals surface area contributed by atoms with Crippen LogP contribution < -0.4 is 11.5 Å². The first-order valence-corrected chi connectivity index (χ1v) is 4.36. The van der Waals surface area contributed by atoms with Gasteiger partial charge in [0.05, 0.1) is 6.54 Å². The van der Waals surface area contributed by atoms with E-state index in [0.717, 1.165) is 0 Å². The van der Waals surface area contributed by atoms with Gasteiger partial charge in [0.25, 0.3) is 0 Å². The second kappa shape index (κ2) is 3.56. The Morgan fingerprint density at radius 3 is 2.60 bits per heavy atom. The van der Waals surface area contributed by atoms with Crippen LogP contribution in [0, 0.1) is 5.82 Å². The van der Waals surface area contributed by atoms with E-state index in [-0.39, 0.29) is 24.3 Å². The molecule has 15 heavy (non-hydrogen) atoms. The van der Waals surface area contributed by atoms with Crippen LogP contribution in [0.25, 0.3) is 0 Å². The first-order valence-electron chi connectivity index (χ1n) is 4.36. The van der Waals surface area contributed by atoms with Gasteiger partial charge < -0.3 is 11.5 Å². The summed E-state index contributed by atoms with van der Waals surface area (Å²) in [7, 11) is 0. The smallest absolute Gasteiger partial charge is 0.241 e. The SMILES string of the molecule is Nc1nc(N)n(Cc2ccccc2F)n1. The molecule has 2 aromatic rings. The third-order valence-corrected chi connectivity index (χ3v) is 1.99. The number of hydrogen-bond acceptors (Lipinski definition) is 4. The molecular weight excluding hydrogens is 197 g/mol. The van der Waals surface area contributed by atoms with Crippen molar-refractivity contribution in [3.63, 3.8) is 0 Å². The first kappa shape index (κ1) is 9.45. The average Bonchev–Trinajstić information content (AvgIpc) is 2.49. The maximum absolute atomic E-state index is 13.3. The fourth-order valence-corrected chi connectivity index (χ4v) is 1.28. The van der Waals surface area contributed by atoms with Crippen LogP contribution in [0.1, 0.15) is 5.56 Å². The Kier molecular flexibility index (Phi) is 2.24. The lowest BCUT2D eigenvalue weighted by Crippen LogP contribution is -2.07. The second-order valence-electron chi connectivity index (χ2n) is 3.08. The van der Waals surface area contributed by atoms with Crippen molar-refractivity contribution in [3.05, 3.63) is 35.6 Å². The van der Waals surface area contributed by atoms with Crippen LogP contribution in [0.4, 0.5) is 16.3 Å². The molecule has 0 aliphatic rings. The zero-order chi connectivity index (χ0) is 10.8. The van der Waals surface area contributed by atoms with Crippen molar-refractivity contribution in [3.8, 4) is 0 Å². The van der Waals surface area contributed by atoms with E-state index in [1.54, 1.807) is 18.2 Å². The summed E-state index contributed by atoms with van der Waals surface area (Å²) in [5.74, 6) is -0.0365. The quantitative estimate of drug-likeness (QED) is 0.756. The van der Waals surface area contributed by atoms with Gasteiger partial charge in [-0.15, -0.1) is 5.10 Å². The molecule has 0 saturated carbocycles. The van der Waals surface area contributed by atoms with E-state index in [2.05, 4.69) is 10.1 Å². The standard InChI is InChI=1S/C9H10FN5/c10-7-4-2-1-3-6(7)5-15-9(12)13-8(11)14-15/h1-4H,5H2,(H4,11,12,13,14). The Balaban J connectivity index is 2.29. The summed E-state index contributed by atoms with van der Waals surface area (Å²) in [6.07, 6.45) is 0. The Morgan fingerprint density at radius 2 is 2.00 bits per heavy atom. The predicted octanol–water partition coefficient (Wildman–Crippen LogP) is 0.630. The summed E-state index contributed by atoms with van der Waals surface area (Å²) in [5.41, 5.74) is 11.4. The molecular formula is C9H10FN5. The van der Waals surface area contributed by atoms with Crippen LogP contribution in [0.3, 0.4) is 0 Å². The highest BCUT2D eigenvalue weighted by atomic mass is 19.1. The van der Waals surface area contributed by atoms with Gasteiger partial charge in [0.2, 0.25) is 11.9 Å². The lowest BCUT2D eigenvalue weighted by atomic mass is 10.2. The van der Waals surface area contributed by atoms with Crippen molar-refractivity contribution in [1.29, 1.82) is 0 Å².